The molecule has 2 aliphatic heterocycles. The van der Waals surface area contributed by atoms with Crippen molar-refractivity contribution in [1.29, 1.82) is 0 Å². The van der Waals surface area contributed by atoms with Crippen LogP contribution in [0.3, 0.4) is 0 Å². The van der Waals surface area contributed by atoms with E-state index in [2.05, 4.69) is 112 Å². The van der Waals surface area contributed by atoms with Crippen LogP contribution in [0.2, 0.25) is 0 Å². The van der Waals surface area contributed by atoms with Gasteiger partial charge >= 0.3 is 0 Å². The summed E-state index contributed by atoms with van der Waals surface area (Å²) in [6, 6.07) is 21.6. The molecule has 6 rings (SSSR count). The van der Waals surface area contributed by atoms with Crippen molar-refractivity contribution in [2.45, 2.75) is 70.9 Å². The zero-order valence-corrected chi connectivity index (χ0v) is 28.5. The monoisotopic (exact) mass is 734 g/mol. The highest BCUT2D eigenvalue weighted by atomic mass is 123. The minimum absolute atomic E-state index is 0.00723. The van der Waals surface area contributed by atoms with Crippen LogP contribution < -0.4 is 10.6 Å². The maximum absolute atomic E-state index is 12.0. The predicted molar refractivity (Wildman–Crippen MR) is 183 cm³/mol. The summed E-state index contributed by atoms with van der Waals surface area (Å²) in [5.41, 5.74) is 3.51. The summed E-state index contributed by atoms with van der Waals surface area (Å²) in [6.45, 7) is 8.38. The molecule has 4 heterocycles. The Morgan fingerprint density at radius 1 is 0.696 bits per heavy atom. The molecule has 2 aromatic heterocycles. The Morgan fingerprint density at radius 2 is 1.13 bits per heavy atom. The van der Waals surface area contributed by atoms with Gasteiger partial charge < -0.3 is 10.6 Å². The third kappa shape index (κ3) is 11.3. The number of benzene rings is 2. The number of hydrogen-bond acceptors (Lipinski definition) is 8. The number of carbonyl (C=O) groups is 2. The minimum Gasteiger partial charge on any atom is -0.352 e. The summed E-state index contributed by atoms with van der Waals surface area (Å²) < 4.78 is 3.95. The second kappa shape index (κ2) is 17.3. The van der Waals surface area contributed by atoms with Gasteiger partial charge in [0.2, 0.25) is 11.8 Å². The van der Waals surface area contributed by atoms with Gasteiger partial charge in [0.1, 0.15) is 16.8 Å². The molecule has 0 atom stereocenters. The molecule has 0 bridgehead atoms. The number of carbonyl (C=O) groups excluding carboxylic acids is 2. The molecule has 244 valence electrons. The number of halogens is 1. The van der Waals surface area contributed by atoms with Gasteiger partial charge in [-0.1, -0.05) is 71.1 Å². The van der Waals surface area contributed by atoms with Gasteiger partial charge in [-0.15, -0.1) is 10.2 Å². The van der Waals surface area contributed by atoms with Gasteiger partial charge in [-0.25, -0.2) is 9.36 Å². The lowest BCUT2D eigenvalue weighted by atomic mass is 10.0. The van der Waals surface area contributed by atoms with Crippen LogP contribution in [0.1, 0.15) is 42.5 Å². The molecule has 2 aliphatic rings. The Kier molecular flexibility index (Phi) is 12.7. The molecule has 2 aromatic carbocycles. The first kappa shape index (κ1) is 33.7. The highest BCUT2D eigenvalue weighted by molar-refractivity contribution is 14.1. The van der Waals surface area contributed by atoms with E-state index in [1.165, 1.54) is 11.1 Å². The van der Waals surface area contributed by atoms with Crippen molar-refractivity contribution in [3.8, 4) is 0 Å². The summed E-state index contributed by atoms with van der Waals surface area (Å²) in [4.78, 5) is 29.0. The van der Waals surface area contributed by atoms with Crippen molar-refractivity contribution < 1.29 is 9.59 Å². The Morgan fingerprint density at radius 3 is 1.52 bits per heavy atom. The van der Waals surface area contributed by atoms with Crippen molar-refractivity contribution >= 4 is 34.4 Å². The third-order valence-corrected chi connectivity index (χ3v) is 8.67. The van der Waals surface area contributed by atoms with E-state index < -0.39 is 0 Å². The first-order chi connectivity index (χ1) is 22.4. The number of aromatic nitrogens is 6. The molecule has 0 radical (unpaired) electrons. The van der Waals surface area contributed by atoms with E-state index in [9.17, 15) is 9.59 Å². The molecule has 13 heteroatoms. The second-order valence-electron chi connectivity index (χ2n) is 12.0. The fourth-order valence-corrected chi connectivity index (χ4v) is 6.24. The minimum atomic E-state index is 0.00723. The van der Waals surface area contributed by atoms with Crippen LogP contribution in [0.5, 0.6) is 0 Å². The van der Waals surface area contributed by atoms with Gasteiger partial charge in [0.25, 0.3) is 0 Å². The fourth-order valence-electron chi connectivity index (χ4n) is 5.82. The molecule has 0 spiro atoms. The predicted octanol–water partition coefficient (Wildman–Crippen LogP) is 3.03. The van der Waals surface area contributed by atoms with Gasteiger partial charge in [-0.05, 0) is 66.3 Å². The molecule has 0 aliphatic carbocycles. The normalized spacial score (nSPS) is 16.4. The standard InChI is InChI=1S/C17H23N5O.C16H20IN5O/c1-14-11-22(20-19-14)13-17(23)18-16-7-9-21(10-8-16)12-15-5-3-2-4-6-15;17-15-11-22(20-19-15)12-16(23)18-14-6-8-21(9-7-14)10-13-4-2-1-3-5-13/h2-6,11,16H,7-10,12-13H2,1H3,(H,18,23);1-5,11,14H,6-10,12H2,(H,18,23)/i;17-4. The molecule has 2 fully saturated rings. The number of nitrogens with one attached hydrogen (secondary N) is 2. The SMILES string of the molecule is Cc1cn(CC(=O)NC2CCN(Cc3ccccc3)CC2)nn1.O=C(Cn1cc([123I])nn1)NC1CCN(Cc2ccccc2)CC1. The molecule has 2 saturated heterocycles. The highest BCUT2D eigenvalue weighted by Gasteiger charge is 2.22. The zero-order valence-electron chi connectivity index (χ0n) is 26.3. The fraction of sp³-hybridized carbons (Fsp3) is 0.455. The van der Waals surface area contributed by atoms with Crippen LogP contribution in [0.4, 0.5) is 0 Å². The van der Waals surface area contributed by atoms with E-state index >= 15 is 0 Å². The lowest BCUT2D eigenvalue weighted by molar-refractivity contribution is -0.123. The van der Waals surface area contributed by atoms with Crippen molar-refractivity contribution in [2.24, 2.45) is 0 Å². The van der Waals surface area contributed by atoms with Crippen LogP contribution in [-0.4, -0.2) is 89.9 Å². The quantitative estimate of drug-likeness (QED) is 0.239. The average Bonchev–Trinajstić information content (AvgIpc) is 3.66. The van der Waals surface area contributed by atoms with E-state index in [1.807, 2.05) is 19.1 Å². The highest BCUT2D eigenvalue weighted by Crippen LogP contribution is 2.15. The molecule has 4 aromatic rings. The van der Waals surface area contributed by atoms with E-state index in [0.29, 0.717) is 0 Å². The van der Waals surface area contributed by atoms with Gasteiger partial charge in [-0.2, -0.15) is 0 Å². The summed E-state index contributed by atoms with van der Waals surface area (Å²) in [6.07, 6.45) is 7.52. The van der Waals surface area contributed by atoms with Crippen LogP contribution >= 0.6 is 22.6 Å². The van der Waals surface area contributed by atoms with Crippen molar-refractivity contribution in [2.75, 3.05) is 26.2 Å². The molecular formula is C33H43IN10O2. The Hall–Kier alpha value is -3.69. The van der Waals surface area contributed by atoms with E-state index in [0.717, 1.165) is 74.3 Å². The Bertz CT molecular complexity index is 1380. The summed E-state index contributed by atoms with van der Waals surface area (Å²) >= 11 is 2.08. The smallest absolute Gasteiger partial charge is 0.242 e. The number of nitrogens with zero attached hydrogens (tertiary/aromatic N) is 8. The lowest BCUT2D eigenvalue weighted by Gasteiger charge is -2.32. The van der Waals surface area contributed by atoms with E-state index in [1.54, 1.807) is 21.8 Å². The van der Waals surface area contributed by atoms with E-state index in [-0.39, 0.29) is 37.0 Å². The number of aryl methyl sites for hydroxylation is 1. The first-order valence-corrected chi connectivity index (χ1v) is 17.0. The molecule has 46 heavy (non-hydrogen) atoms. The first-order valence-electron chi connectivity index (χ1n) is 15.9. The maximum Gasteiger partial charge on any atom is 0.242 e. The lowest BCUT2D eigenvalue weighted by Crippen LogP contribution is -2.45. The molecule has 2 N–H and O–H groups in total. The van der Waals surface area contributed by atoms with Gasteiger partial charge in [0, 0.05) is 57.5 Å². The van der Waals surface area contributed by atoms with Crippen molar-refractivity contribution in [3.63, 3.8) is 0 Å². The van der Waals surface area contributed by atoms with Crippen LogP contribution in [-0.2, 0) is 35.8 Å². The van der Waals surface area contributed by atoms with Crippen molar-refractivity contribution in [1.82, 2.24) is 50.4 Å². The van der Waals surface area contributed by atoms with Gasteiger partial charge in [0.15, 0.2) is 0 Å². The average molecular weight is 735 g/mol. The summed E-state index contributed by atoms with van der Waals surface area (Å²) in [7, 11) is 0. The number of hydrogen-bond donors (Lipinski definition) is 2. The Labute approximate surface area is 284 Å². The van der Waals surface area contributed by atoms with E-state index in [4.69, 9.17) is 0 Å². The molecule has 0 unspecified atom stereocenters. The van der Waals surface area contributed by atoms with Gasteiger partial charge in [-0.3, -0.25) is 19.4 Å². The summed E-state index contributed by atoms with van der Waals surface area (Å²) in [5.74, 6) is 0.0178. The van der Waals surface area contributed by atoms with Gasteiger partial charge in [0.05, 0.1) is 11.9 Å². The second-order valence-corrected chi connectivity index (χ2v) is 13.1. The number of likely N-dealkylation sites (tertiary alicyclic amines) is 2. The zero-order chi connectivity index (χ0) is 32.1. The summed E-state index contributed by atoms with van der Waals surface area (Å²) in [5, 5.41) is 21.8. The van der Waals surface area contributed by atoms with Crippen LogP contribution in [0.25, 0.3) is 0 Å². The molecule has 12 nitrogen and oxygen atoms in total. The third-order valence-electron chi connectivity index (χ3n) is 8.18. The number of piperidine rings is 2. The van der Waals surface area contributed by atoms with Crippen LogP contribution in [0.15, 0.2) is 73.1 Å². The van der Waals surface area contributed by atoms with Crippen LogP contribution in [0, 0.1) is 10.6 Å². The molecule has 0 saturated carbocycles. The topological polar surface area (TPSA) is 126 Å². The number of rotatable bonds is 10. The molecular weight excluding hydrogens is 691 g/mol. The number of amides is 2. The molecule has 2 amide bonds. The Balaban J connectivity index is 0.000000181. The maximum atomic E-state index is 12.0. The van der Waals surface area contributed by atoms with Crippen molar-refractivity contribution in [3.05, 3.63) is 93.6 Å². The largest absolute Gasteiger partial charge is 0.352 e.